The van der Waals surface area contributed by atoms with Crippen LogP contribution >= 0.6 is 12.2 Å². The molecule has 19 heavy (non-hydrogen) atoms. The van der Waals surface area contributed by atoms with Gasteiger partial charge in [0.05, 0.1) is 10.4 Å². The molecule has 0 aromatic heterocycles. The van der Waals surface area contributed by atoms with Crippen molar-refractivity contribution in [1.82, 2.24) is 10.6 Å². The Labute approximate surface area is 119 Å². The summed E-state index contributed by atoms with van der Waals surface area (Å²) in [6.07, 6.45) is 4.79. The molecule has 1 rings (SSSR count). The number of thiocarbonyl (C=S) groups is 1. The second kappa shape index (κ2) is 7.43. The maximum atomic E-state index is 12.3. The minimum atomic E-state index is -0.700. The van der Waals surface area contributed by atoms with Crippen LogP contribution in [0.3, 0.4) is 0 Å². The van der Waals surface area contributed by atoms with Crippen LogP contribution in [0.1, 0.15) is 45.4 Å². The Hall–Kier alpha value is -1.17. The fourth-order valence-electron chi connectivity index (χ4n) is 2.49. The van der Waals surface area contributed by atoms with Gasteiger partial charge in [0.15, 0.2) is 0 Å². The molecule has 2 amide bonds. The Bertz CT molecular complexity index is 352. The van der Waals surface area contributed by atoms with Crippen LogP contribution in [0.5, 0.6) is 0 Å². The molecule has 1 fully saturated rings. The zero-order chi connectivity index (χ0) is 14.3. The van der Waals surface area contributed by atoms with Crippen LogP contribution in [-0.4, -0.2) is 29.9 Å². The van der Waals surface area contributed by atoms with Crippen LogP contribution in [0.4, 0.5) is 0 Å². The standard InChI is InChI=1S/C13H23N3O2S/c1-2-15-10(17)6-9-16-12(18)13(11(14)19)7-4-3-5-8-13/h2-9H2,1H3,(H2,14,19)(H,15,17)(H,16,18). The molecule has 0 aromatic rings. The van der Waals surface area contributed by atoms with E-state index in [4.69, 9.17) is 18.0 Å². The van der Waals surface area contributed by atoms with E-state index in [9.17, 15) is 9.59 Å². The monoisotopic (exact) mass is 285 g/mol. The topological polar surface area (TPSA) is 84.2 Å². The first-order valence-electron chi connectivity index (χ1n) is 6.88. The van der Waals surface area contributed by atoms with Crippen molar-refractivity contribution in [3.05, 3.63) is 0 Å². The molecule has 1 aliphatic rings. The second-order valence-corrected chi connectivity index (χ2v) is 5.41. The highest BCUT2D eigenvalue weighted by Crippen LogP contribution is 2.36. The summed E-state index contributed by atoms with van der Waals surface area (Å²) in [7, 11) is 0. The molecule has 1 saturated carbocycles. The molecule has 1 aliphatic carbocycles. The number of carbonyl (C=O) groups excluding carboxylic acids is 2. The summed E-state index contributed by atoms with van der Waals surface area (Å²) in [5.41, 5.74) is 5.07. The van der Waals surface area contributed by atoms with Gasteiger partial charge >= 0.3 is 0 Å². The number of amides is 2. The first-order valence-corrected chi connectivity index (χ1v) is 7.28. The fraction of sp³-hybridized carbons (Fsp3) is 0.769. The van der Waals surface area contributed by atoms with Crippen molar-refractivity contribution in [1.29, 1.82) is 0 Å². The van der Waals surface area contributed by atoms with Gasteiger partial charge in [-0.15, -0.1) is 0 Å². The van der Waals surface area contributed by atoms with Crippen LogP contribution in [0.2, 0.25) is 0 Å². The average Bonchev–Trinajstić information content (AvgIpc) is 2.39. The molecule has 0 aliphatic heterocycles. The highest BCUT2D eigenvalue weighted by atomic mass is 32.1. The van der Waals surface area contributed by atoms with Gasteiger partial charge in [0.1, 0.15) is 0 Å². The van der Waals surface area contributed by atoms with Crippen molar-refractivity contribution in [3.63, 3.8) is 0 Å². The maximum Gasteiger partial charge on any atom is 0.233 e. The van der Waals surface area contributed by atoms with Crippen LogP contribution < -0.4 is 16.4 Å². The lowest BCUT2D eigenvalue weighted by Gasteiger charge is -2.34. The first-order chi connectivity index (χ1) is 9.03. The lowest BCUT2D eigenvalue weighted by atomic mass is 9.73. The van der Waals surface area contributed by atoms with Gasteiger partial charge in [-0.25, -0.2) is 0 Å². The predicted octanol–water partition coefficient (Wildman–Crippen LogP) is 0.865. The molecule has 0 heterocycles. The van der Waals surface area contributed by atoms with E-state index in [1.807, 2.05) is 6.92 Å². The first kappa shape index (κ1) is 15.9. The van der Waals surface area contributed by atoms with E-state index in [-0.39, 0.29) is 23.2 Å². The van der Waals surface area contributed by atoms with Crippen LogP contribution in [0.15, 0.2) is 0 Å². The maximum absolute atomic E-state index is 12.3. The summed E-state index contributed by atoms with van der Waals surface area (Å²) in [5, 5.41) is 5.49. The summed E-state index contributed by atoms with van der Waals surface area (Å²) < 4.78 is 0. The second-order valence-electron chi connectivity index (χ2n) is 4.97. The number of hydrogen-bond donors (Lipinski definition) is 3. The molecule has 6 heteroatoms. The van der Waals surface area contributed by atoms with E-state index in [0.717, 1.165) is 32.1 Å². The van der Waals surface area contributed by atoms with E-state index in [0.29, 0.717) is 13.1 Å². The minimum absolute atomic E-state index is 0.0594. The van der Waals surface area contributed by atoms with Crippen molar-refractivity contribution in [2.75, 3.05) is 13.1 Å². The normalized spacial score (nSPS) is 17.5. The summed E-state index contributed by atoms with van der Waals surface area (Å²) in [4.78, 5) is 23.9. The van der Waals surface area contributed by atoms with Gasteiger partial charge in [0.25, 0.3) is 0 Å². The van der Waals surface area contributed by atoms with Crippen molar-refractivity contribution < 1.29 is 9.59 Å². The number of nitrogens with two attached hydrogens (primary N) is 1. The quantitative estimate of drug-likeness (QED) is 0.632. The Morgan fingerprint density at radius 2 is 1.84 bits per heavy atom. The van der Waals surface area contributed by atoms with Gasteiger partial charge in [-0.2, -0.15) is 0 Å². The molecule has 0 aromatic carbocycles. The summed E-state index contributed by atoms with van der Waals surface area (Å²) in [6, 6.07) is 0. The van der Waals surface area contributed by atoms with E-state index in [2.05, 4.69) is 10.6 Å². The molecule has 0 atom stereocenters. The molecule has 0 bridgehead atoms. The third-order valence-electron chi connectivity index (χ3n) is 3.62. The van der Waals surface area contributed by atoms with Gasteiger partial charge in [0.2, 0.25) is 11.8 Å². The third-order valence-corrected chi connectivity index (χ3v) is 4.02. The fourth-order valence-corrected chi connectivity index (χ4v) is 2.78. The van der Waals surface area contributed by atoms with E-state index >= 15 is 0 Å². The number of carbonyl (C=O) groups is 2. The van der Waals surface area contributed by atoms with Crippen molar-refractivity contribution in [3.8, 4) is 0 Å². The zero-order valence-electron chi connectivity index (χ0n) is 11.5. The largest absolute Gasteiger partial charge is 0.392 e. The highest BCUT2D eigenvalue weighted by molar-refractivity contribution is 7.80. The summed E-state index contributed by atoms with van der Waals surface area (Å²) in [6.45, 7) is 2.79. The van der Waals surface area contributed by atoms with Crippen molar-refractivity contribution >= 4 is 29.0 Å². The Morgan fingerprint density at radius 3 is 2.37 bits per heavy atom. The van der Waals surface area contributed by atoms with Crippen LogP contribution in [0, 0.1) is 5.41 Å². The molecule has 5 nitrogen and oxygen atoms in total. The van der Waals surface area contributed by atoms with Crippen molar-refractivity contribution in [2.45, 2.75) is 45.4 Å². The molecule has 0 spiro atoms. The lowest BCUT2D eigenvalue weighted by Crippen LogP contribution is -2.50. The molecular formula is C13H23N3O2S. The molecule has 4 N–H and O–H groups in total. The van der Waals surface area contributed by atoms with E-state index < -0.39 is 5.41 Å². The SMILES string of the molecule is CCNC(=O)CCNC(=O)C1(C(N)=S)CCCCC1. The van der Waals surface area contributed by atoms with Crippen LogP contribution in [-0.2, 0) is 9.59 Å². The average molecular weight is 285 g/mol. The summed E-state index contributed by atoms with van der Waals surface area (Å²) >= 11 is 5.09. The molecule has 0 saturated heterocycles. The van der Waals surface area contributed by atoms with Gasteiger partial charge < -0.3 is 16.4 Å². The van der Waals surface area contributed by atoms with Crippen LogP contribution in [0.25, 0.3) is 0 Å². The van der Waals surface area contributed by atoms with Crippen molar-refractivity contribution in [2.24, 2.45) is 11.1 Å². The smallest absolute Gasteiger partial charge is 0.233 e. The number of hydrogen-bond acceptors (Lipinski definition) is 3. The van der Waals surface area contributed by atoms with Gasteiger partial charge in [-0.3, -0.25) is 9.59 Å². The van der Waals surface area contributed by atoms with Gasteiger partial charge in [-0.05, 0) is 19.8 Å². The van der Waals surface area contributed by atoms with Gasteiger partial charge in [0, 0.05) is 19.5 Å². The third kappa shape index (κ3) is 4.16. The molecule has 108 valence electrons. The van der Waals surface area contributed by atoms with Gasteiger partial charge in [-0.1, -0.05) is 31.5 Å². The molecule has 0 unspecified atom stereocenters. The molecule has 0 radical (unpaired) electrons. The highest BCUT2D eigenvalue weighted by Gasteiger charge is 2.42. The Morgan fingerprint density at radius 1 is 1.21 bits per heavy atom. The summed E-state index contributed by atoms with van der Waals surface area (Å²) in [5.74, 6) is -0.181. The number of rotatable bonds is 6. The minimum Gasteiger partial charge on any atom is -0.392 e. The predicted molar refractivity (Wildman–Crippen MR) is 78.6 cm³/mol. The Kier molecular flexibility index (Phi) is 6.21. The zero-order valence-corrected chi connectivity index (χ0v) is 12.3. The lowest BCUT2D eigenvalue weighted by molar-refractivity contribution is -0.129. The number of nitrogens with one attached hydrogen (secondary N) is 2. The molecular weight excluding hydrogens is 262 g/mol. The van der Waals surface area contributed by atoms with E-state index in [1.54, 1.807) is 0 Å². The van der Waals surface area contributed by atoms with E-state index in [1.165, 1.54) is 0 Å². The Balaban J connectivity index is 2.49.